The molecule has 0 radical (unpaired) electrons. The van der Waals surface area contributed by atoms with Crippen LogP contribution in [-0.2, 0) is 6.42 Å². The van der Waals surface area contributed by atoms with Gasteiger partial charge in [-0.25, -0.2) is 0 Å². The molecule has 6 heteroatoms. The zero-order chi connectivity index (χ0) is 19.1. The standard InChI is InChI=1S/C21H20N2O3S/c1-26-16-10-8-15(9-11-16)20(24)23-19-7-3-2-6-18(19)21(25)22-13-12-17-5-4-14-27-17/h2-11,14H,12-13H2,1H3,(H,22,25)(H,23,24). The Hall–Kier alpha value is -3.12. The molecule has 0 saturated heterocycles. The number of benzene rings is 2. The first-order valence-electron chi connectivity index (χ1n) is 8.52. The molecule has 0 fully saturated rings. The van der Waals surface area contributed by atoms with Crippen molar-refractivity contribution in [2.24, 2.45) is 0 Å². The molecule has 0 aliphatic carbocycles. The Labute approximate surface area is 162 Å². The molecule has 2 N–H and O–H groups in total. The van der Waals surface area contributed by atoms with E-state index in [0.717, 1.165) is 6.42 Å². The topological polar surface area (TPSA) is 67.4 Å². The van der Waals surface area contributed by atoms with Gasteiger partial charge in [-0.15, -0.1) is 11.3 Å². The molecule has 2 amide bonds. The highest BCUT2D eigenvalue weighted by Crippen LogP contribution is 2.18. The van der Waals surface area contributed by atoms with E-state index in [1.807, 2.05) is 17.5 Å². The highest BCUT2D eigenvalue weighted by Gasteiger charge is 2.14. The zero-order valence-corrected chi connectivity index (χ0v) is 15.7. The van der Waals surface area contributed by atoms with Crippen molar-refractivity contribution in [3.63, 3.8) is 0 Å². The van der Waals surface area contributed by atoms with Gasteiger partial charge in [-0.1, -0.05) is 18.2 Å². The molecular formula is C21H20N2O3S. The van der Waals surface area contributed by atoms with Crippen LogP contribution in [0.2, 0.25) is 0 Å². The van der Waals surface area contributed by atoms with E-state index in [1.165, 1.54) is 4.88 Å². The largest absolute Gasteiger partial charge is 0.497 e. The molecule has 0 atom stereocenters. The van der Waals surface area contributed by atoms with Gasteiger partial charge in [0, 0.05) is 17.0 Å². The smallest absolute Gasteiger partial charge is 0.255 e. The van der Waals surface area contributed by atoms with Crippen molar-refractivity contribution < 1.29 is 14.3 Å². The van der Waals surface area contributed by atoms with Crippen LogP contribution in [0.3, 0.4) is 0 Å². The number of hydrogen-bond acceptors (Lipinski definition) is 4. The van der Waals surface area contributed by atoms with E-state index in [-0.39, 0.29) is 11.8 Å². The van der Waals surface area contributed by atoms with Crippen molar-refractivity contribution in [1.82, 2.24) is 5.32 Å². The van der Waals surface area contributed by atoms with Gasteiger partial charge in [-0.2, -0.15) is 0 Å². The lowest BCUT2D eigenvalue weighted by molar-refractivity contribution is 0.0955. The highest BCUT2D eigenvalue weighted by atomic mass is 32.1. The fourth-order valence-corrected chi connectivity index (χ4v) is 3.29. The van der Waals surface area contributed by atoms with E-state index >= 15 is 0 Å². The molecule has 0 aliphatic rings. The molecule has 27 heavy (non-hydrogen) atoms. The van der Waals surface area contributed by atoms with E-state index in [4.69, 9.17) is 4.74 Å². The second-order valence-electron chi connectivity index (χ2n) is 5.81. The lowest BCUT2D eigenvalue weighted by Crippen LogP contribution is -2.27. The van der Waals surface area contributed by atoms with Crippen molar-refractivity contribution in [2.75, 3.05) is 19.0 Å². The molecule has 0 spiro atoms. The Morgan fingerprint density at radius 3 is 2.44 bits per heavy atom. The summed E-state index contributed by atoms with van der Waals surface area (Å²) in [6.07, 6.45) is 0.782. The van der Waals surface area contributed by atoms with E-state index in [2.05, 4.69) is 10.6 Å². The van der Waals surface area contributed by atoms with E-state index in [0.29, 0.717) is 29.1 Å². The molecule has 0 aliphatic heterocycles. The second kappa shape index (κ2) is 9.00. The maximum atomic E-state index is 12.5. The van der Waals surface area contributed by atoms with Gasteiger partial charge in [0.25, 0.3) is 11.8 Å². The van der Waals surface area contributed by atoms with Crippen LogP contribution in [0.25, 0.3) is 0 Å². The molecule has 3 aromatic rings. The third kappa shape index (κ3) is 4.95. The predicted octanol–water partition coefficient (Wildman–Crippen LogP) is 3.98. The molecule has 1 heterocycles. The van der Waals surface area contributed by atoms with E-state index in [1.54, 1.807) is 67.0 Å². The summed E-state index contributed by atoms with van der Waals surface area (Å²) in [5, 5.41) is 7.73. The third-order valence-electron chi connectivity index (χ3n) is 4.01. The average Bonchev–Trinajstić information content (AvgIpc) is 3.22. The van der Waals surface area contributed by atoms with Crippen molar-refractivity contribution in [3.8, 4) is 5.75 Å². The minimum absolute atomic E-state index is 0.211. The summed E-state index contributed by atoms with van der Waals surface area (Å²) < 4.78 is 5.10. The maximum absolute atomic E-state index is 12.5. The Morgan fingerprint density at radius 2 is 1.74 bits per heavy atom. The van der Waals surface area contributed by atoms with Crippen LogP contribution >= 0.6 is 11.3 Å². The Kier molecular flexibility index (Phi) is 6.22. The number of amides is 2. The first-order valence-corrected chi connectivity index (χ1v) is 9.40. The van der Waals surface area contributed by atoms with Crippen LogP contribution in [0.4, 0.5) is 5.69 Å². The summed E-state index contributed by atoms with van der Waals surface area (Å²) in [6, 6.07) is 17.8. The molecule has 0 bridgehead atoms. The highest BCUT2D eigenvalue weighted by molar-refractivity contribution is 7.09. The average molecular weight is 380 g/mol. The Bertz CT molecular complexity index is 905. The number of hydrogen-bond donors (Lipinski definition) is 2. The predicted molar refractivity (Wildman–Crippen MR) is 108 cm³/mol. The molecule has 0 saturated carbocycles. The van der Waals surface area contributed by atoms with Gasteiger partial charge in [0.05, 0.1) is 18.4 Å². The molecule has 138 valence electrons. The number of carbonyl (C=O) groups excluding carboxylic acids is 2. The van der Waals surface area contributed by atoms with Crippen LogP contribution in [0, 0.1) is 0 Å². The van der Waals surface area contributed by atoms with Gasteiger partial charge in [0.1, 0.15) is 5.75 Å². The van der Waals surface area contributed by atoms with Gasteiger partial charge in [0.15, 0.2) is 0 Å². The molecule has 0 unspecified atom stereocenters. The molecular weight excluding hydrogens is 360 g/mol. The summed E-state index contributed by atoms with van der Waals surface area (Å²) in [6.45, 7) is 0.542. The zero-order valence-electron chi connectivity index (χ0n) is 14.9. The molecule has 3 rings (SSSR count). The van der Waals surface area contributed by atoms with Crippen molar-refractivity contribution in [2.45, 2.75) is 6.42 Å². The van der Waals surface area contributed by atoms with Crippen molar-refractivity contribution in [3.05, 3.63) is 82.0 Å². The van der Waals surface area contributed by atoms with Crippen LogP contribution in [-0.4, -0.2) is 25.5 Å². The SMILES string of the molecule is COc1ccc(C(=O)Nc2ccccc2C(=O)NCCc2cccs2)cc1. The summed E-state index contributed by atoms with van der Waals surface area (Å²) in [5.74, 6) is 0.186. The van der Waals surface area contributed by atoms with Crippen LogP contribution in [0.15, 0.2) is 66.0 Å². The number of thiophene rings is 1. The monoisotopic (exact) mass is 380 g/mol. The Balaban J connectivity index is 1.65. The van der Waals surface area contributed by atoms with Crippen LogP contribution in [0.1, 0.15) is 25.6 Å². The molecule has 2 aromatic carbocycles. The van der Waals surface area contributed by atoms with Gasteiger partial charge in [-0.3, -0.25) is 9.59 Å². The number of nitrogens with one attached hydrogen (secondary N) is 2. The summed E-state index contributed by atoms with van der Waals surface area (Å²) in [5.41, 5.74) is 1.40. The fraction of sp³-hybridized carbons (Fsp3) is 0.143. The maximum Gasteiger partial charge on any atom is 0.255 e. The van der Waals surface area contributed by atoms with Crippen LogP contribution < -0.4 is 15.4 Å². The first-order chi connectivity index (χ1) is 13.2. The van der Waals surface area contributed by atoms with E-state index in [9.17, 15) is 9.59 Å². The molecule has 1 aromatic heterocycles. The minimum Gasteiger partial charge on any atom is -0.497 e. The lowest BCUT2D eigenvalue weighted by atomic mass is 10.1. The van der Waals surface area contributed by atoms with Gasteiger partial charge < -0.3 is 15.4 Å². The third-order valence-corrected chi connectivity index (χ3v) is 4.95. The number of ether oxygens (including phenoxy) is 1. The summed E-state index contributed by atoms with van der Waals surface area (Å²) in [4.78, 5) is 26.2. The number of rotatable bonds is 7. The first kappa shape index (κ1) is 18.7. The number of methoxy groups -OCH3 is 1. The number of para-hydroxylation sites is 1. The quantitative estimate of drug-likeness (QED) is 0.651. The number of carbonyl (C=O) groups is 2. The summed E-state index contributed by atoms with van der Waals surface area (Å²) in [7, 11) is 1.57. The fourth-order valence-electron chi connectivity index (χ4n) is 2.58. The van der Waals surface area contributed by atoms with Gasteiger partial charge >= 0.3 is 0 Å². The minimum atomic E-state index is -0.281. The number of anilines is 1. The lowest BCUT2D eigenvalue weighted by Gasteiger charge is -2.11. The van der Waals surface area contributed by atoms with E-state index < -0.39 is 0 Å². The van der Waals surface area contributed by atoms with Gasteiger partial charge in [0.2, 0.25) is 0 Å². The van der Waals surface area contributed by atoms with Crippen molar-refractivity contribution >= 4 is 28.8 Å². The van der Waals surface area contributed by atoms with Gasteiger partial charge in [-0.05, 0) is 54.3 Å². The Morgan fingerprint density at radius 1 is 0.963 bits per heavy atom. The molecule has 5 nitrogen and oxygen atoms in total. The van der Waals surface area contributed by atoms with Crippen LogP contribution in [0.5, 0.6) is 5.75 Å². The second-order valence-corrected chi connectivity index (χ2v) is 6.85. The normalized spacial score (nSPS) is 10.3. The van der Waals surface area contributed by atoms with Crippen molar-refractivity contribution in [1.29, 1.82) is 0 Å². The summed E-state index contributed by atoms with van der Waals surface area (Å²) >= 11 is 1.66.